The third kappa shape index (κ3) is 17.1. The first-order valence-corrected chi connectivity index (χ1v) is 16.6. The molecule has 1 N–H and O–H groups in total. The summed E-state index contributed by atoms with van der Waals surface area (Å²) in [5.41, 5.74) is -0.167. The fraction of sp³-hybridized carbons (Fsp3) is 0.639. The van der Waals surface area contributed by atoms with Gasteiger partial charge >= 0.3 is 17.9 Å². The number of ether oxygens (including phenoxy) is 4. The summed E-state index contributed by atoms with van der Waals surface area (Å²) in [5.74, 6) is -1.00. The van der Waals surface area contributed by atoms with Crippen molar-refractivity contribution in [2.24, 2.45) is 16.2 Å². The average molecular weight is 698 g/mol. The zero-order valence-corrected chi connectivity index (χ0v) is 31.0. The van der Waals surface area contributed by atoms with Crippen LogP contribution in [0.25, 0.3) is 10.8 Å². The molecule has 0 aliphatic heterocycles. The highest BCUT2D eigenvalue weighted by Crippen LogP contribution is 2.23. The Kier molecular flexibility index (Phi) is 19.5. The quantitative estimate of drug-likeness (QED) is 0.145. The van der Waals surface area contributed by atoms with E-state index < -0.39 is 16.8 Å². The lowest BCUT2D eigenvalue weighted by Crippen LogP contribution is -2.28. The molecule has 0 aromatic heterocycles. The van der Waals surface area contributed by atoms with Crippen molar-refractivity contribution in [2.75, 3.05) is 26.4 Å². The summed E-state index contributed by atoms with van der Waals surface area (Å²) in [6.45, 7) is 22.8. The molecule has 2 aromatic rings. The number of aliphatic carboxylic acids is 1. The van der Waals surface area contributed by atoms with Crippen molar-refractivity contribution in [1.82, 2.24) is 0 Å². The van der Waals surface area contributed by atoms with Gasteiger partial charge in [0.1, 0.15) is 6.61 Å². The minimum absolute atomic E-state index is 0.00618. The predicted octanol–water partition coefficient (Wildman–Crippen LogP) is 9.00. The van der Waals surface area contributed by atoms with Gasteiger partial charge in [-0.25, -0.2) is 0 Å². The van der Waals surface area contributed by atoms with E-state index in [0.29, 0.717) is 32.8 Å². The molecule has 45 heavy (non-hydrogen) atoms. The van der Waals surface area contributed by atoms with Gasteiger partial charge < -0.3 is 24.1 Å². The van der Waals surface area contributed by atoms with E-state index in [9.17, 15) is 14.4 Å². The van der Waals surface area contributed by atoms with E-state index in [1.807, 2.05) is 68.4 Å². The molecule has 0 spiro atoms. The summed E-state index contributed by atoms with van der Waals surface area (Å²) in [7, 11) is 0. The van der Waals surface area contributed by atoms with Crippen molar-refractivity contribution >= 4 is 44.6 Å². The minimum atomic E-state index is -0.722. The Morgan fingerprint density at radius 2 is 1.20 bits per heavy atom. The molecule has 0 bridgehead atoms. The van der Waals surface area contributed by atoms with Crippen molar-refractivity contribution in [3.63, 3.8) is 0 Å². The maximum atomic E-state index is 11.8. The molecule has 0 radical (unpaired) electrons. The number of hydrogen-bond acceptors (Lipinski definition) is 7. The Labute approximate surface area is 279 Å². The number of carbonyl (C=O) groups excluding carboxylic acids is 2. The lowest BCUT2D eigenvalue weighted by Gasteiger charge is -2.21. The molecule has 0 aliphatic rings. The number of carboxylic acid groups (broad SMARTS) is 1. The van der Waals surface area contributed by atoms with Crippen LogP contribution in [0.3, 0.4) is 0 Å². The van der Waals surface area contributed by atoms with Crippen molar-refractivity contribution < 1.29 is 38.4 Å². The van der Waals surface area contributed by atoms with Gasteiger partial charge in [-0.15, -0.1) is 0 Å². The highest BCUT2D eigenvalue weighted by atomic mass is 79.9. The van der Waals surface area contributed by atoms with Crippen LogP contribution in [0.1, 0.15) is 101 Å². The largest absolute Gasteiger partial charge is 0.481 e. The Hall–Kier alpha value is -2.49. The van der Waals surface area contributed by atoms with E-state index >= 15 is 0 Å². The molecule has 0 fully saturated rings. The van der Waals surface area contributed by atoms with Crippen molar-refractivity contribution in [2.45, 2.75) is 108 Å². The number of esters is 2. The summed E-state index contributed by atoms with van der Waals surface area (Å²) in [6, 6.07) is 12.5. The summed E-state index contributed by atoms with van der Waals surface area (Å²) in [4.78, 5) is 33.3. The number of benzene rings is 2. The van der Waals surface area contributed by atoms with Gasteiger partial charge in [0.25, 0.3) is 0 Å². The number of halogens is 1. The van der Waals surface area contributed by atoms with Gasteiger partial charge in [0.05, 0.1) is 48.8 Å². The maximum absolute atomic E-state index is 11.8. The molecule has 0 saturated heterocycles. The van der Waals surface area contributed by atoms with Crippen LogP contribution in [-0.2, 0) is 39.9 Å². The molecule has 0 unspecified atom stereocenters. The van der Waals surface area contributed by atoms with Gasteiger partial charge in [0.2, 0.25) is 0 Å². The van der Waals surface area contributed by atoms with Crippen LogP contribution >= 0.6 is 15.9 Å². The van der Waals surface area contributed by atoms with E-state index in [1.165, 1.54) is 10.8 Å². The van der Waals surface area contributed by atoms with Gasteiger partial charge in [0.15, 0.2) is 0 Å². The summed E-state index contributed by atoms with van der Waals surface area (Å²) in [6.07, 6.45) is 2.25. The molecule has 0 atom stereocenters. The molecule has 2 rings (SSSR count). The Morgan fingerprint density at radius 3 is 1.71 bits per heavy atom. The zero-order valence-electron chi connectivity index (χ0n) is 29.4. The molecule has 0 saturated carbocycles. The predicted molar refractivity (Wildman–Crippen MR) is 184 cm³/mol. The zero-order chi connectivity index (χ0) is 34.8. The number of carboxylic acids is 1. The van der Waals surface area contributed by atoms with Crippen LogP contribution in [0.5, 0.6) is 0 Å². The number of hydrogen-bond donors (Lipinski definition) is 1. The topological polar surface area (TPSA) is 108 Å². The van der Waals surface area contributed by atoms with Crippen LogP contribution in [0, 0.1) is 16.2 Å². The molecule has 0 aliphatic carbocycles. The molecule has 2 aromatic carbocycles. The van der Waals surface area contributed by atoms with E-state index in [2.05, 4.69) is 46.3 Å². The third-order valence-electron chi connectivity index (χ3n) is 7.65. The smallest absolute Gasteiger partial charge is 0.311 e. The Morgan fingerprint density at radius 1 is 0.711 bits per heavy atom. The Bertz CT molecular complexity index is 1190. The second kappa shape index (κ2) is 20.6. The van der Waals surface area contributed by atoms with Crippen molar-refractivity contribution in [3.05, 3.63) is 46.4 Å². The fourth-order valence-electron chi connectivity index (χ4n) is 2.97. The average Bonchev–Trinajstić information content (AvgIpc) is 2.98. The molecular weight excluding hydrogens is 640 g/mol. The monoisotopic (exact) mass is 696 g/mol. The fourth-order valence-corrected chi connectivity index (χ4v) is 3.35. The summed E-state index contributed by atoms with van der Waals surface area (Å²) < 4.78 is 22.5. The lowest BCUT2D eigenvalue weighted by atomic mass is 9.91. The lowest BCUT2D eigenvalue weighted by molar-refractivity contribution is -0.158. The molecule has 256 valence electrons. The van der Waals surface area contributed by atoms with Crippen molar-refractivity contribution in [1.29, 1.82) is 0 Å². The van der Waals surface area contributed by atoms with Gasteiger partial charge in [-0.3, -0.25) is 14.4 Å². The standard InChI is InChI=1S/C21H27BrO4.C9H18O2.C6H12O2/c1-4-21(2,3)20(23)26-12-11-24-9-10-25-15-16-5-6-18-14-19(22)8-7-17(18)13-16;1-6-9(4,5)8(10)11-7(2)3;1-4-6(2,3)5(7)8/h5-8,13-14H,4,9-12,15H2,1-3H3;7H,6H2,1-5H3;4H2,1-3H3,(H,7,8). The number of fused-ring (bicyclic) bond motifs is 1. The third-order valence-corrected chi connectivity index (χ3v) is 8.14. The summed E-state index contributed by atoms with van der Waals surface area (Å²) >= 11 is 3.48. The molecule has 0 heterocycles. The summed E-state index contributed by atoms with van der Waals surface area (Å²) in [5, 5.41) is 10.8. The van der Waals surface area contributed by atoms with Crippen LogP contribution < -0.4 is 0 Å². The van der Waals surface area contributed by atoms with Gasteiger partial charge in [-0.1, -0.05) is 54.9 Å². The molecule has 0 amide bonds. The van der Waals surface area contributed by atoms with Crippen LogP contribution in [0.4, 0.5) is 0 Å². The number of rotatable bonds is 15. The van der Waals surface area contributed by atoms with Gasteiger partial charge in [-0.2, -0.15) is 0 Å². The van der Waals surface area contributed by atoms with Crippen LogP contribution in [-0.4, -0.2) is 55.5 Å². The van der Waals surface area contributed by atoms with E-state index in [1.54, 1.807) is 13.8 Å². The second-order valence-corrected chi connectivity index (χ2v) is 14.0. The van der Waals surface area contributed by atoms with Crippen molar-refractivity contribution in [3.8, 4) is 0 Å². The highest BCUT2D eigenvalue weighted by Gasteiger charge is 2.28. The Balaban J connectivity index is 0.000000838. The minimum Gasteiger partial charge on any atom is -0.481 e. The molecular formula is C36H57BrO8. The first-order valence-electron chi connectivity index (χ1n) is 15.8. The maximum Gasteiger partial charge on any atom is 0.311 e. The van der Waals surface area contributed by atoms with E-state index in [4.69, 9.17) is 24.1 Å². The SMILES string of the molecule is CCC(C)(C)C(=O)O.CCC(C)(C)C(=O)OC(C)C.CCC(C)(C)C(=O)OCCOCCOCc1ccc2cc(Br)ccc2c1. The molecule has 9 heteroatoms. The second-order valence-electron chi connectivity index (χ2n) is 13.1. The number of carbonyl (C=O) groups is 3. The van der Waals surface area contributed by atoms with Gasteiger partial charge in [0, 0.05) is 4.47 Å². The first kappa shape index (κ1) is 42.5. The molecule has 8 nitrogen and oxygen atoms in total. The van der Waals surface area contributed by atoms with Crippen LogP contribution in [0.2, 0.25) is 0 Å². The highest BCUT2D eigenvalue weighted by molar-refractivity contribution is 9.10. The van der Waals surface area contributed by atoms with E-state index in [-0.39, 0.29) is 30.1 Å². The normalized spacial score (nSPS) is 11.7. The van der Waals surface area contributed by atoms with Gasteiger partial charge in [-0.05, 0) is 109 Å². The first-order chi connectivity index (χ1) is 20.8. The van der Waals surface area contributed by atoms with E-state index in [0.717, 1.165) is 22.9 Å². The van der Waals surface area contributed by atoms with Crippen LogP contribution in [0.15, 0.2) is 40.9 Å².